The van der Waals surface area contributed by atoms with E-state index in [1.54, 1.807) is 7.05 Å². The average molecular weight is 225 g/mol. The molecule has 0 atom stereocenters. The second-order valence-corrected chi connectivity index (χ2v) is 3.56. The van der Waals surface area contributed by atoms with Gasteiger partial charge in [-0.15, -0.1) is 0 Å². The van der Waals surface area contributed by atoms with Crippen molar-refractivity contribution in [2.45, 2.75) is 13.3 Å². The average Bonchev–Trinajstić information content (AvgIpc) is 2.59. The summed E-state index contributed by atoms with van der Waals surface area (Å²) in [4.78, 5) is 24.3. The number of rotatable bonds is 4. The summed E-state index contributed by atoms with van der Waals surface area (Å²) in [6.07, 6.45) is 2.11. The smallest absolute Gasteiger partial charge is 0.354 e. The van der Waals surface area contributed by atoms with E-state index in [2.05, 4.69) is 5.10 Å². The lowest BCUT2D eigenvalue weighted by molar-refractivity contribution is 0.0670. The molecule has 16 heavy (non-hydrogen) atoms. The highest BCUT2D eigenvalue weighted by atomic mass is 16.4. The maximum Gasteiger partial charge on any atom is 0.354 e. The van der Waals surface area contributed by atoms with Crippen LogP contribution in [-0.4, -0.2) is 45.3 Å². The number of aromatic carboxylic acids is 1. The minimum atomic E-state index is -1.15. The normalized spacial score (nSPS) is 10.2. The highest BCUT2D eigenvalue weighted by Crippen LogP contribution is 2.10. The fourth-order valence-electron chi connectivity index (χ4n) is 1.49. The van der Waals surface area contributed by atoms with Crippen LogP contribution in [0.15, 0.2) is 6.20 Å². The molecule has 6 nitrogen and oxygen atoms in total. The first-order valence-corrected chi connectivity index (χ1v) is 4.99. The molecule has 0 spiro atoms. The van der Waals surface area contributed by atoms with E-state index in [1.165, 1.54) is 22.8 Å². The summed E-state index contributed by atoms with van der Waals surface area (Å²) >= 11 is 0. The van der Waals surface area contributed by atoms with E-state index < -0.39 is 5.97 Å². The Bertz CT molecular complexity index is 411. The van der Waals surface area contributed by atoms with Crippen molar-refractivity contribution in [1.29, 1.82) is 0 Å². The van der Waals surface area contributed by atoms with Crippen LogP contribution in [-0.2, 0) is 7.05 Å². The van der Waals surface area contributed by atoms with Crippen LogP contribution in [0.4, 0.5) is 0 Å². The van der Waals surface area contributed by atoms with Gasteiger partial charge in [0.15, 0.2) is 5.69 Å². The van der Waals surface area contributed by atoms with Gasteiger partial charge in [0.1, 0.15) is 0 Å². The van der Waals surface area contributed by atoms with Gasteiger partial charge in [-0.2, -0.15) is 5.10 Å². The molecule has 1 rings (SSSR count). The number of amides is 1. The standard InChI is InChI=1S/C10H15N3O3/c1-4-5-12(2)9(14)7-6-11-13(3)8(7)10(15)16/h6H,4-5H2,1-3H3,(H,15,16). The molecule has 0 bridgehead atoms. The van der Waals surface area contributed by atoms with Crippen molar-refractivity contribution in [3.05, 3.63) is 17.5 Å². The first kappa shape index (κ1) is 12.2. The number of carbonyl (C=O) groups excluding carboxylic acids is 1. The maximum absolute atomic E-state index is 11.9. The summed E-state index contributed by atoms with van der Waals surface area (Å²) in [5, 5.41) is 12.8. The maximum atomic E-state index is 11.9. The van der Waals surface area contributed by atoms with Crippen molar-refractivity contribution in [1.82, 2.24) is 14.7 Å². The van der Waals surface area contributed by atoms with Crippen molar-refractivity contribution in [3.8, 4) is 0 Å². The van der Waals surface area contributed by atoms with Crippen LogP contribution in [0.1, 0.15) is 34.2 Å². The summed E-state index contributed by atoms with van der Waals surface area (Å²) in [5.74, 6) is -1.46. The molecule has 0 fully saturated rings. The van der Waals surface area contributed by atoms with Gasteiger partial charge in [-0.05, 0) is 6.42 Å². The third-order valence-electron chi connectivity index (χ3n) is 2.28. The highest BCUT2D eigenvalue weighted by molar-refractivity contribution is 6.03. The Morgan fingerprint density at radius 3 is 2.69 bits per heavy atom. The topological polar surface area (TPSA) is 75.4 Å². The second kappa shape index (κ2) is 4.78. The molecule has 0 aliphatic rings. The van der Waals surface area contributed by atoms with E-state index in [0.717, 1.165) is 6.42 Å². The van der Waals surface area contributed by atoms with Crippen molar-refractivity contribution in [2.75, 3.05) is 13.6 Å². The van der Waals surface area contributed by atoms with E-state index in [0.29, 0.717) is 6.54 Å². The Labute approximate surface area is 93.5 Å². The molecule has 1 aromatic heterocycles. The molecule has 0 aliphatic heterocycles. The van der Waals surface area contributed by atoms with Crippen molar-refractivity contribution in [2.24, 2.45) is 7.05 Å². The molecule has 0 aromatic carbocycles. The lowest BCUT2D eigenvalue weighted by Crippen LogP contribution is -2.28. The van der Waals surface area contributed by atoms with Crippen molar-refractivity contribution >= 4 is 11.9 Å². The van der Waals surface area contributed by atoms with Crippen LogP contribution in [0.3, 0.4) is 0 Å². The molecular formula is C10H15N3O3. The third kappa shape index (κ3) is 2.21. The zero-order valence-corrected chi connectivity index (χ0v) is 9.60. The molecule has 0 saturated heterocycles. The molecule has 88 valence electrons. The van der Waals surface area contributed by atoms with Gasteiger partial charge in [0, 0.05) is 20.6 Å². The number of nitrogens with zero attached hydrogens (tertiary/aromatic N) is 3. The first-order chi connectivity index (χ1) is 7.49. The Morgan fingerprint density at radius 1 is 1.56 bits per heavy atom. The predicted molar refractivity (Wildman–Crippen MR) is 57.4 cm³/mol. The number of aromatic nitrogens is 2. The van der Waals surface area contributed by atoms with E-state index in [-0.39, 0.29) is 17.2 Å². The Kier molecular flexibility index (Phi) is 3.65. The quantitative estimate of drug-likeness (QED) is 0.814. The molecule has 0 unspecified atom stereocenters. The fourth-order valence-corrected chi connectivity index (χ4v) is 1.49. The number of hydrogen-bond acceptors (Lipinski definition) is 3. The fraction of sp³-hybridized carbons (Fsp3) is 0.500. The van der Waals surface area contributed by atoms with E-state index in [1.807, 2.05) is 6.92 Å². The van der Waals surface area contributed by atoms with E-state index in [4.69, 9.17) is 5.11 Å². The molecule has 1 heterocycles. The van der Waals surface area contributed by atoms with Gasteiger partial charge in [0.2, 0.25) is 0 Å². The van der Waals surface area contributed by atoms with Crippen LogP contribution < -0.4 is 0 Å². The van der Waals surface area contributed by atoms with Gasteiger partial charge >= 0.3 is 5.97 Å². The number of carbonyl (C=O) groups is 2. The van der Waals surface area contributed by atoms with Crippen LogP contribution in [0.5, 0.6) is 0 Å². The van der Waals surface area contributed by atoms with E-state index >= 15 is 0 Å². The van der Waals surface area contributed by atoms with Crippen LogP contribution in [0.25, 0.3) is 0 Å². The predicted octanol–water partition coefficient (Wildman–Crippen LogP) is 0.600. The molecule has 1 aromatic rings. The van der Waals surface area contributed by atoms with Gasteiger partial charge in [-0.3, -0.25) is 9.48 Å². The zero-order chi connectivity index (χ0) is 12.3. The molecule has 1 N–H and O–H groups in total. The van der Waals surface area contributed by atoms with E-state index in [9.17, 15) is 9.59 Å². The van der Waals surface area contributed by atoms with Crippen LogP contribution >= 0.6 is 0 Å². The highest BCUT2D eigenvalue weighted by Gasteiger charge is 2.23. The molecule has 0 radical (unpaired) electrons. The molecular weight excluding hydrogens is 210 g/mol. The van der Waals surface area contributed by atoms with Gasteiger partial charge in [-0.1, -0.05) is 6.92 Å². The number of carboxylic acids is 1. The summed E-state index contributed by atoms with van der Waals surface area (Å²) in [6.45, 7) is 2.54. The van der Waals surface area contributed by atoms with Gasteiger partial charge < -0.3 is 10.0 Å². The summed E-state index contributed by atoms with van der Waals surface area (Å²) in [7, 11) is 3.14. The van der Waals surface area contributed by atoms with Gasteiger partial charge in [-0.25, -0.2) is 4.79 Å². The monoisotopic (exact) mass is 225 g/mol. The SMILES string of the molecule is CCCN(C)C(=O)c1cnn(C)c1C(=O)O. The Hall–Kier alpha value is -1.85. The molecule has 0 aliphatic carbocycles. The minimum Gasteiger partial charge on any atom is -0.477 e. The van der Waals surface area contributed by atoms with Gasteiger partial charge in [0.05, 0.1) is 11.8 Å². The minimum absolute atomic E-state index is 0.0760. The number of aryl methyl sites for hydroxylation is 1. The Morgan fingerprint density at radius 2 is 2.19 bits per heavy atom. The zero-order valence-electron chi connectivity index (χ0n) is 9.60. The van der Waals surface area contributed by atoms with Crippen molar-refractivity contribution < 1.29 is 14.7 Å². The lowest BCUT2D eigenvalue weighted by Gasteiger charge is -2.15. The van der Waals surface area contributed by atoms with Gasteiger partial charge in [0.25, 0.3) is 5.91 Å². The summed E-state index contributed by atoms with van der Waals surface area (Å²) < 4.78 is 1.19. The Balaban J connectivity index is 3.04. The molecule has 6 heteroatoms. The third-order valence-corrected chi connectivity index (χ3v) is 2.28. The summed E-state index contributed by atoms with van der Waals surface area (Å²) in [6, 6.07) is 0. The number of carboxylic acid groups (broad SMARTS) is 1. The first-order valence-electron chi connectivity index (χ1n) is 4.99. The van der Waals surface area contributed by atoms with Crippen LogP contribution in [0, 0.1) is 0 Å². The largest absolute Gasteiger partial charge is 0.477 e. The van der Waals surface area contributed by atoms with Crippen LogP contribution in [0.2, 0.25) is 0 Å². The van der Waals surface area contributed by atoms with Crippen molar-refractivity contribution in [3.63, 3.8) is 0 Å². The molecule has 1 amide bonds. The second-order valence-electron chi connectivity index (χ2n) is 3.56. The molecule has 0 saturated carbocycles. The number of hydrogen-bond donors (Lipinski definition) is 1. The lowest BCUT2D eigenvalue weighted by atomic mass is 10.2. The summed E-state index contributed by atoms with van der Waals surface area (Å²) in [5.41, 5.74) is 0.0545.